The molecule has 0 bridgehead atoms. The number of hydrogen-bond acceptors (Lipinski definition) is 8. The highest BCUT2D eigenvalue weighted by Gasteiger charge is 2.37. The maximum absolute atomic E-state index is 15.4. The number of rotatable bonds is 5. The largest absolute Gasteiger partial charge is 0.501 e. The van der Waals surface area contributed by atoms with Crippen molar-refractivity contribution < 1.29 is 28.7 Å². The number of carbonyl (C=O) groups is 1. The second-order valence-electron chi connectivity index (χ2n) is 9.57. The zero-order valence-corrected chi connectivity index (χ0v) is 19.4. The minimum Gasteiger partial charge on any atom is -0.501 e. The predicted octanol–water partition coefficient (Wildman–Crippen LogP) is 3.20. The first-order valence-corrected chi connectivity index (χ1v) is 11.0. The minimum absolute atomic E-state index is 0.00196. The maximum atomic E-state index is 15.4. The molecule has 34 heavy (non-hydrogen) atoms. The van der Waals surface area contributed by atoms with Crippen LogP contribution in [0.4, 0.5) is 20.6 Å². The number of aromatic nitrogens is 1. The smallest absolute Gasteiger partial charge is 0.407 e. The number of ether oxygens (including phenoxy) is 2. The first-order chi connectivity index (χ1) is 15.9. The van der Waals surface area contributed by atoms with E-state index in [0.29, 0.717) is 25.8 Å². The normalized spacial score (nSPS) is 18.3. The summed E-state index contributed by atoms with van der Waals surface area (Å²) < 4.78 is 27.4. The summed E-state index contributed by atoms with van der Waals surface area (Å²) in [5, 5.41) is 24.6. The van der Waals surface area contributed by atoms with Gasteiger partial charge >= 0.3 is 17.3 Å². The van der Waals surface area contributed by atoms with E-state index in [4.69, 9.17) is 9.47 Å². The molecule has 184 valence electrons. The van der Waals surface area contributed by atoms with Gasteiger partial charge in [-0.15, -0.1) is 0 Å². The van der Waals surface area contributed by atoms with Crippen LogP contribution >= 0.6 is 0 Å². The van der Waals surface area contributed by atoms with Crippen molar-refractivity contribution in [2.24, 2.45) is 0 Å². The van der Waals surface area contributed by atoms with Crippen LogP contribution in [0, 0.1) is 15.9 Å². The summed E-state index contributed by atoms with van der Waals surface area (Å²) >= 11 is 0. The van der Waals surface area contributed by atoms with Gasteiger partial charge < -0.3 is 24.8 Å². The van der Waals surface area contributed by atoms with Gasteiger partial charge in [-0.05, 0) is 46.1 Å². The van der Waals surface area contributed by atoms with Crippen molar-refractivity contribution in [2.45, 2.75) is 57.7 Å². The molecule has 1 aromatic heterocycles. The molecule has 1 saturated heterocycles. The Labute approximate surface area is 194 Å². The molecular weight excluding hydrogens is 451 g/mol. The third kappa shape index (κ3) is 4.19. The Balaban J connectivity index is 1.78. The van der Waals surface area contributed by atoms with Gasteiger partial charge in [0.05, 0.1) is 23.5 Å². The van der Waals surface area contributed by atoms with Gasteiger partial charge in [0.25, 0.3) is 0 Å². The standard InChI is InChI=1S/C22H27FN4O7/c1-22(2,3)34-21(30)24-11-7-8-25(10-11)16-14(23)9-13-15(19(16)33-4)26(12-5-6-12)20(29)17(18(13)28)27(31)32/h9,11-12,28H,5-8,10H2,1-4H3,(H,24,30). The number of nitrogens with zero attached hydrogens (tertiary/aromatic N) is 3. The molecule has 2 aliphatic rings. The highest BCUT2D eigenvalue weighted by atomic mass is 19.1. The van der Waals surface area contributed by atoms with Crippen molar-refractivity contribution >= 4 is 28.4 Å². The number of amides is 1. The van der Waals surface area contributed by atoms with Gasteiger partial charge in [0, 0.05) is 19.1 Å². The summed E-state index contributed by atoms with van der Waals surface area (Å²) in [7, 11) is 1.31. The van der Waals surface area contributed by atoms with Gasteiger partial charge in [-0.2, -0.15) is 0 Å². The average Bonchev–Trinajstić information content (AvgIpc) is 3.44. The van der Waals surface area contributed by atoms with E-state index in [1.54, 1.807) is 25.7 Å². The molecule has 2 heterocycles. The van der Waals surface area contributed by atoms with E-state index in [1.807, 2.05) is 0 Å². The first kappa shape index (κ1) is 23.6. The molecule has 2 fully saturated rings. The van der Waals surface area contributed by atoms with Crippen molar-refractivity contribution in [3.63, 3.8) is 0 Å². The van der Waals surface area contributed by atoms with Crippen molar-refractivity contribution in [3.8, 4) is 11.5 Å². The second kappa shape index (κ2) is 8.33. The Morgan fingerprint density at radius 2 is 2.00 bits per heavy atom. The molecule has 1 aliphatic carbocycles. The maximum Gasteiger partial charge on any atom is 0.407 e. The molecule has 1 atom stereocenters. The van der Waals surface area contributed by atoms with E-state index in [0.717, 1.165) is 6.07 Å². The molecule has 1 saturated carbocycles. The molecular formula is C22H27FN4O7. The first-order valence-electron chi connectivity index (χ1n) is 11.0. The minimum atomic E-state index is -0.989. The number of methoxy groups -OCH3 is 1. The zero-order chi connectivity index (χ0) is 24.9. The number of halogens is 1. The van der Waals surface area contributed by atoms with Crippen LogP contribution in [0.3, 0.4) is 0 Å². The molecule has 0 radical (unpaired) electrons. The third-order valence-electron chi connectivity index (χ3n) is 5.85. The van der Waals surface area contributed by atoms with Crippen molar-refractivity contribution in [2.75, 3.05) is 25.1 Å². The van der Waals surface area contributed by atoms with Crippen LogP contribution in [-0.2, 0) is 4.74 Å². The Kier molecular flexibility index (Phi) is 5.78. The number of pyridine rings is 1. The molecule has 1 amide bonds. The number of aromatic hydroxyl groups is 1. The Bertz CT molecular complexity index is 1230. The molecule has 1 aliphatic heterocycles. The lowest BCUT2D eigenvalue weighted by atomic mass is 10.1. The third-order valence-corrected chi connectivity index (χ3v) is 5.85. The van der Waals surface area contributed by atoms with Gasteiger partial charge in [-0.1, -0.05) is 0 Å². The molecule has 1 unspecified atom stereocenters. The molecule has 0 spiro atoms. The number of anilines is 1. The van der Waals surface area contributed by atoms with Gasteiger partial charge in [0.1, 0.15) is 16.8 Å². The molecule has 4 rings (SSSR count). The summed E-state index contributed by atoms with van der Waals surface area (Å²) in [5.74, 6) is -1.66. The molecule has 1 aromatic carbocycles. The summed E-state index contributed by atoms with van der Waals surface area (Å²) in [6, 6.07) is 0.370. The van der Waals surface area contributed by atoms with Crippen LogP contribution in [0.15, 0.2) is 10.9 Å². The zero-order valence-electron chi connectivity index (χ0n) is 19.4. The fraction of sp³-hybridized carbons (Fsp3) is 0.545. The summed E-state index contributed by atoms with van der Waals surface area (Å²) in [4.78, 5) is 37.3. The molecule has 12 heteroatoms. The lowest BCUT2D eigenvalue weighted by Crippen LogP contribution is -2.40. The topological polar surface area (TPSA) is 136 Å². The summed E-state index contributed by atoms with van der Waals surface area (Å²) in [5.41, 5.74) is -2.44. The number of nitrogens with one attached hydrogen (secondary N) is 1. The molecule has 2 aromatic rings. The lowest BCUT2D eigenvalue weighted by Gasteiger charge is -2.25. The van der Waals surface area contributed by atoms with Crippen LogP contribution in [0.2, 0.25) is 0 Å². The van der Waals surface area contributed by atoms with Crippen LogP contribution in [0.1, 0.15) is 46.1 Å². The predicted molar refractivity (Wildman–Crippen MR) is 121 cm³/mol. The number of fused-ring (bicyclic) bond motifs is 1. The second-order valence-corrected chi connectivity index (χ2v) is 9.57. The fourth-order valence-electron chi connectivity index (χ4n) is 4.36. The van der Waals surface area contributed by atoms with E-state index in [1.165, 1.54) is 11.7 Å². The van der Waals surface area contributed by atoms with E-state index >= 15 is 4.39 Å². The van der Waals surface area contributed by atoms with Crippen LogP contribution < -0.4 is 20.5 Å². The number of hydrogen-bond donors (Lipinski definition) is 2. The van der Waals surface area contributed by atoms with Gasteiger partial charge in [-0.3, -0.25) is 19.5 Å². The fourth-order valence-corrected chi connectivity index (χ4v) is 4.36. The Morgan fingerprint density at radius 1 is 1.32 bits per heavy atom. The van der Waals surface area contributed by atoms with Crippen molar-refractivity contribution in [1.29, 1.82) is 0 Å². The van der Waals surface area contributed by atoms with E-state index in [2.05, 4.69) is 5.32 Å². The van der Waals surface area contributed by atoms with E-state index < -0.39 is 39.4 Å². The lowest BCUT2D eigenvalue weighted by molar-refractivity contribution is -0.387. The summed E-state index contributed by atoms with van der Waals surface area (Å²) in [6.07, 6.45) is 1.18. The van der Waals surface area contributed by atoms with Gasteiger partial charge in [-0.25, -0.2) is 9.18 Å². The summed E-state index contributed by atoms with van der Waals surface area (Å²) in [6.45, 7) is 5.89. The highest BCUT2D eigenvalue weighted by Crippen LogP contribution is 2.47. The van der Waals surface area contributed by atoms with Crippen LogP contribution in [0.5, 0.6) is 11.5 Å². The van der Waals surface area contributed by atoms with Crippen LogP contribution in [-0.4, -0.2) is 52.5 Å². The van der Waals surface area contributed by atoms with Crippen LogP contribution in [0.25, 0.3) is 10.9 Å². The Hall–Kier alpha value is -3.57. The quantitative estimate of drug-likeness (QED) is 0.494. The van der Waals surface area contributed by atoms with Gasteiger partial charge in [0.15, 0.2) is 11.6 Å². The SMILES string of the molecule is COc1c(N2CCC(NC(=O)OC(C)(C)C)C2)c(F)cc2c(O)c([N+](=O)[O-])c(=O)n(C3CC3)c12. The van der Waals surface area contributed by atoms with E-state index in [-0.39, 0.29) is 41.0 Å². The van der Waals surface area contributed by atoms with Crippen molar-refractivity contribution in [1.82, 2.24) is 9.88 Å². The molecule has 2 N–H and O–H groups in total. The van der Waals surface area contributed by atoms with Gasteiger partial charge in [0.2, 0.25) is 5.75 Å². The Morgan fingerprint density at radius 3 is 2.56 bits per heavy atom. The number of carbonyl (C=O) groups excluding carboxylic acids is 1. The molecule has 11 nitrogen and oxygen atoms in total. The van der Waals surface area contributed by atoms with E-state index in [9.17, 15) is 24.8 Å². The number of nitro groups is 1. The highest BCUT2D eigenvalue weighted by molar-refractivity contribution is 5.97. The monoisotopic (exact) mass is 478 g/mol. The van der Waals surface area contributed by atoms with Crippen molar-refractivity contribution in [3.05, 3.63) is 32.4 Å². The number of benzene rings is 1. The average molecular weight is 478 g/mol. The number of alkyl carbamates (subject to hydrolysis) is 1.